The molecule has 11 nitrogen and oxygen atoms in total. The molecule has 0 amide bonds. The molecule has 0 fully saturated rings. The molecule has 168 valence electrons. The number of rotatable bonds is 12. The van der Waals surface area contributed by atoms with Crippen LogP contribution in [0.1, 0.15) is 23.3 Å². The number of benzene rings is 2. The minimum Gasteiger partial charge on any atom is -0.498 e. The van der Waals surface area contributed by atoms with Gasteiger partial charge in [0.1, 0.15) is 13.2 Å². The zero-order chi connectivity index (χ0) is 23.5. The van der Waals surface area contributed by atoms with Gasteiger partial charge in [0.15, 0.2) is 12.2 Å². The van der Waals surface area contributed by atoms with Crippen molar-refractivity contribution in [1.82, 2.24) is 0 Å². The molecule has 2 unspecified atom stereocenters. The van der Waals surface area contributed by atoms with Crippen LogP contribution in [0.25, 0.3) is 0 Å². The molecule has 11 heteroatoms. The van der Waals surface area contributed by atoms with Crippen molar-refractivity contribution in [3.63, 3.8) is 0 Å². The number of hydrogen-bond acceptors (Lipinski definition) is 9. The highest BCUT2D eigenvalue weighted by molar-refractivity contribution is 5.61. The molecule has 32 heavy (non-hydrogen) atoms. The molecule has 0 aliphatic rings. The molecule has 2 rings (SSSR count). The van der Waals surface area contributed by atoms with Crippen molar-refractivity contribution in [3.8, 4) is 0 Å². The first kappa shape index (κ1) is 23.9. The van der Waals surface area contributed by atoms with Crippen LogP contribution < -0.4 is 0 Å². The fraction of sp³-hybridized carbons (Fsp3) is 0.190. The van der Waals surface area contributed by atoms with Gasteiger partial charge < -0.3 is 18.9 Å². The van der Waals surface area contributed by atoms with Crippen LogP contribution in [0, 0.1) is 20.2 Å². The highest BCUT2D eigenvalue weighted by Gasteiger charge is 2.24. The number of ether oxygens (including phenoxy) is 4. The van der Waals surface area contributed by atoms with E-state index in [2.05, 4.69) is 13.2 Å². The van der Waals surface area contributed by atoms with Gasteiger partial charge in [-0.2, -0.15) is 0 Å². The Hall–Kier alpha value is -4.41. The van der Waals surface area contributed by atoms with Gasteiger partial charge in [0, 0.05) is 24.3 Å². The van der Waals surface area contributed by atoms with E-state index in [0.29, 0.717) is 11.1 Å². The number of nitro benzene ring substituents is 2. The normalized spacial score (nSPS) is 12.0. The van der Waals surface area contributed by atoms with Crippen LogP contribution in [0.5, 0.6) is 0 Å². The highest BCUT2D eigenvalue weighted by atomic mass is 16.7. The van der Waals surface area contributed by atoms with Crippen LogP contribution in [-0.2, 0) is 18.9 Å². The van der Waals surface area contributed by atoms with Gasteiger partial charge in [-0.1, -0.05) is 13.2 Å². The Kier molecular flexibility index (Phi) is 8.72. The molecule has 0 N–H and O–H groups in total. The highest BCUT2D eigenvalue weighted by Crippen LogP contribution is 2.25. The number of carbonyl (C=O) groups excluding carboxylic acids is 1. The first-order valence-electron chi connectivity index (χ1n) is 9.16. The Morgan fingerprint density at radius 1 is 0.781 bits per heavy atom. The maximum Gasteiger partial charge on any atom is 0.509 e. The first-order chi connectivity index (χ1) is 15.3. The molecule has 0 radical (unpaired) electrons. The van der Waals surface area contributed by atoms with Gasteiger partial charge in [-0.15, -0.1) is 0 Å². The molecule has 2 aromatic carbocycles. The number of non-ortho nitro benzene ring substituents is 2. The quantitative estimate of drug-likeness (QED) is 0.196. The molecule has 2 atom stereocenters. The average Bonchev–Trinajstić information content (AvgIpc) is 2.79. The fourth-order valence-electron chi connectivity index (χ4n) is 2.59. The maximum atomic E-state index is 12.5. The molecule has 0 spiro atoms. The van der Waals surface area contributed by atoms with E-state index in [-0.39, 0.29) is 24.6 Å². The molecule has 0 heterocycles. The smallest absolute Gasteiger partial charge is 0.498 e. The topological polar surface area (TPSA) is 140 Å². The van der Waals surface area contributed by atoms with Crippen molar-refractivity contribution in [2.24, 2.45) is 0 Å². The van der Waals surface area contributed by atoms with E-state index < -0.39 is 28.2 Å². The van der Waals surface area contributed by atoms with Gasteiger partial charge in [-0.25, -0.2) is 4.79 Å². The summed E-state index contributed by atoms with van der Waals surface area (Å²) in [5.74, 6) is 0. The SMILES string of the molecule is C=COCC(OC(=O)OC(COC=C)c1ccc([N+](=O)[O-])cc1)c1ccc([N+](=O)[O-])cc1. The molecule has 0 saturated heterocycles. The van der Waals surface area contributed by atoms with Gasteiger partial charge in [-0.3, -0.25) is 20.2 Å². The second kappa shape index (κ2) is 11.7. The van der Waals surface area contributed by atoms with E-state index in [1.807, 2.05) is 0 Å². The van der Waals surface area contributed by atoms with Crippen LogP contribution >= 0.6 is 0 Å². The minimum atomic E-state index is -1.07. The Bertz CT molecular complexity index is 881. The van der Waals surface area contributed by atoms with Gasteiger partial charge >= 0.3 is 6.16 Å². The summed E-state index contributed by atoms with van der Waals surface area (Å²) in [6.07, 6.45) is -0.648. The summed E-state index contributed by atoms with van der Waals surface area (Å²) in [4.78, 5) is 33.0. The second-order valence-corrected chi connectivity index (χ2v) is 6.16. The van der Waals surface area contributed by atoms with Crippen molar-refractivity contribution in [2.75, 3.05) is 13.2 Å². The third-order valence-corrected chi connectivity index (χ3v) is 4.16. The zero-order valence-corrected chi connectivity index (χ0v) is 16.8. The first-order valence-corrected chi connectivity index (χ1v) is 9.16. The van der Waals surface area contributed by atoms with Gasteiger partial charge in [0.25, 0.3) is 11.4 Å². The summed E-state index contributed by atoms with van der Waals surface area (Å²) in [6.45, 7) is 6.64. The molecular formula is C21H20N2O9. The van der Waals surface area contributed by atoms with Crippen LogP contribution in [-0.4, -0.2) is 29.2 Å². The van der Waals surface area contributed by atoms with Crippen LogP contribution in [0.15, 0.2) is 74.2 Å². The van der Waals surface area contributed by atoms with E-state index in [9.17, 15) is 25.0 Å². The molecule has 0 saturated carbocycles. The molecule has 0 aliphatic carbocycles. The minimum absolute atomic E-state index is 0.109. The molecular weight excluding hydrogens is 424 g/mol. The van der Waals surface area contributed by atoms with Crippen molar-refractivity contribution in [1.29, 1.82) is 0 Å². The predicted molar refractivity (Wildman–Crippen MR) is 112 cm³/mol. The predicted octanol–water partition coefficient (Wildman–Crippen LogP) is 4.76. The van der Waals surface area contributed by atoms with E-state index in [1.165, 1.54) is 48.5 Å². The summed E-state index contributed by atoms with van der Waals surface area (Å²) in [5.41, 5.74) is 0.617. The third kappa shape index (κ3) is 6.83. The van der Waals surface area contributed by atoms with E-state index in [1.54, 1.807) is 0 Å². The zero-order valence-electron chi connectivity index (χ0n) is 16.8. The lowest BCUT2D eigenvalue weighted by atomic mass is 10.1. The summed E-state index contributed by atoms with van der Waals surface area (Å²) in [7, 11) is 0. The summed E-state index contributed by atoms with van der Waals surface area (Å²) >= 11 is 0. The Balaban J connectivity index is 2.16. The monoisotopic (exact) mass is 444 g/mol. The standard InChI is InChI=1S/C21H20N2O9/c1-3-29-13-19(15-5-9-17(10-6-15)22(25)26)31-21(24)32-20(14-30-4-2)16-7-11-18(12-8-16)23(27)28/h3-12,19-20H,1-2,13-14H2. The van der Waals surface area contributed by atoms with Gasteiger partial charge in [-0.05, 0) is 35.4 Å². The summed E-state index contributed by atoms with van der Waals surface area (Å²) in [5, 5.41) is 21.7. The van der Waals surface area contributed by atoms with Crippen molar-refractivity contribution in [2.45, 2.75) is 12.2 Å². The number of nitrogens with zero attached hydrogens (tertiary/aromatic N) is 2. The van der Waals surface area contributed by atoms with Crippen LogP contribution in [0.3, 0.4) is 0 Å². The van der Waals surface area contributed by atoms with Crippen molar-refractivity contribution >= 4 is 17.5 Å². The Morgan fingerprint density at radius 2 is 1.12 bits per heavy atom. The molecule has 2 aromatic rings. The van der Waals surface area contributed by atoms with Gasteiger partial charge in [0.2, 0.25) is 0 Å². The lowest BCUT2D eigenvalue weighted by Crippen LogP contribution is -2.20. The van der Waals surface area contributed by atoms with Crippen LogP contribution in [0.2, 0.25) is 0 Å². The molecule has 0 aromatic heterocycles. The average molecular weight is 444 g/mol. The lowest BCUT2D eigenvalue weighted by molar-refractivity contribution is -0.385. The van der Waals surface area contributed by atoms with Gasteiger partial charge in [0.05, 0.1) is 22.4 Å². The number of nitro groups is 2. The van der Waals surface area contributed by atoms with E-state index >= 15 is 0 Å². The summed E-state index contributed by atoms with van der Waals surface area (Å²) < 4.78 is 20.9. The van der Waals surface area contributed by atoms with Crippen molar-refractivity contribution in [3.05, 3.63) is 106 Å². The fourth-order valence-corrected chi connectivity index (χ4v) is 2.59. The largest absolute Gasteiger partial charge is 0.509 e. The second-order valence-electron chi connectivity index (χ2n) is 6.16. The van der Waals surface area contributed by atoms with Crippen molar-refractivity contribution < 1.29 is 33.6 Å². The van der Waals surface area contributed by atoms with E-state index in [0.717, 1.165) is 12.5 Å². The van der Waals surface area contributed by atoms with E-state index in [4.69, 9.17) is 18.9 Å². The molecule has 0 bridgehead atoms. The number of carbonyl (C=O) groups is 1. The lowest BCUT2D eigenvalue weighted by Gasteiger charge is -2.21. The molecule has 0 aliphatic heterocycles. The number of hydrogen-bond donors (Lipinski definition) is 0. The van der Waals surface area contributed by atoms with Crippen LogP contribution in [0.4, 0.5) is 16.2 Å². The Morgan fingerprint density at radius 3 is 1.41 bits per heavy atom. The Labute approximate surface area is 182 Å². The third-order valence-electron chi connectivity index (χ3n) is 4.16. The maximum absolute atomic E-state index is 12.5. The summed E-state index contributed by atoms with van der Waals surface area (Å²) in [6, 6.07) is 10.8.